The summed E-state index contributed by atoms with van der Waals surface area (Å²) in [4.78, 5) is 2.53. The molecule has 1 aliphatic heterocycles. The fourth-order valence-corrected chi connectivity index (χ4v) is 3.31. The number of hydrogen-bond donors (Lipinski definition) is 1. The van der Waals surface area contributed by atoms with Crippen molar-refractivity contribution in [3.63, 3.8) is 0 Å². The van der Waals surface area contributed by atoms with Crippen LogP contribution in [0.4, 0.5) is 0 Å². The van der Waals surface area contributed by atoms with Crippen LogP contribution in [0.1, 0.15) is 38.5 Å². The lowest BCUT2D eigenvalue weighted by molar-refractivity contribution is 0.0216. The Morgan fingerprint density at radius 2 is 2.06 bits per heavy atom. The second-order valence-corrected chi connectivity index (χ2v) is 5.60. The molecule has 2 rings (SSSR count). The Hall–Kier alpha value is -0.120. The molecule has 16 heavy (non-hydrogen) atoms. The molecule has 1 aliphatic carbocycles. The number of ether oxygens (including phenoxy) is 1. The molecular weight excluding hydrogens is 200 g/mol. The van der Waals surface area contributed by atoms with Crippen molar-refractivity contribution in [2.75, 3.05) is 33.4 Å². The summed E-state index contributed by atoms with van der Waals surface area (Å²) in [5, 5.41) is 0. The smallest absolute Gasteiger partial charge is 0.0506 e. The normalized spacial score (nSPS) is 29.8. The van der Waals surface area contributed by atoms with Gasteiger partial charge < -0.3 is 10.5 Å². The average Bonchev–Trinajstić information content (AvgIpc) is 2.80. The van der Waals surface area contributed by atoms with Gasteiger partial charge in [0.05, 0.1) is 6.61 Å². The molecule has 3 nitrogen and oxygen atoms in total. The monoisotopic (exact) mass is 226 g/mol. The largest absolute Gasteiger partial charge is 0.381 e. The van der Waals surface area contributed by atoms with Gasteiger partial charge in [-0.3, -0.25) is 4.90 Å². The van der Waals surface area contributed by atoms with E-state index in [0.717, 1.165) is 32.2 Å². The standard InChI is InChI=1S/C13H26N2O/c1-15(9-12-5-4-8-16-10-12)13(11-14)6-2-3-7-13/h12H,2-11,14H2,1H3. The highest BCUT2D eigenvalue weighted by atomic mass is 16.5. The van der Waals surface area contributed by atoms with E-state index in [4.69, 9.17) is 10.5 Å². The van der Waals surface area contributed by atoms with Gasteiger partial charge in [0, 0.05) is 25.2 Å². The zero-order valence-corrected chi connectivity index (χ0v) is 10.6. The van der Waals surface area contributed by atoms with Gasteiger partial charge in [0.15, 0.2) is 0 Å². The topological polar surface area (TPSA) is 38.5 Å². The van der Waals surface area contributed by atoms with Crippen molar-refractivity contribution in [2.45, 2.75) is 44.1 Å². The van der Waals surface area contributed by atoms with E-state index in [1.807, 2.05) is 0 Å². The van der Waals surface area contributed by atoms with Crippen molar-refractivity contribution < 1.29 is 4.74 Å². The van der Waals surface area contributed by atoms with Crippen molar-refractivity contribution in [3.8, 4) is 0 Å². The second-order valence-electron chi connectivity index (χ2n) is 5.60. The van der Waals surface area contributed by atoms with E-state index >= 15 is 0 Å². The molecule has 3 heteroatoms. The van der Waals surface area contributed by atoms with E-state index in [1.165, 1.54) is 38.5 Å². The number of nitrogens with two attached hydrogens (primary N) is 1. The van der Waals surface area contributed by atoms with Crippen molar-refractivity contribution in [1.29, 1.82) is 0 Å². The number of likely N-dealkylation sites (N-methyl/N-ethyl adjacent to an activating group) is 1. The molecule has 2 fully saturated rings. The summed E-state index contributed by atoms with van der Waals surface area (Å²) in [6, 6.07) is 0. The van der Waals surface area contributed by atoms with Gasteiger partial charge in [-0.1, -0.05) is 12.8 Å². The first-order valence-corrected chi connectivity index (χ1v) is 6.76. The molecule has 1 unspecified atom stereocenters. The Balaban J connectivity index is 1.87. The van der Waals surface area contributed by atoms with Gasteiger partial charge in [-0.2, -0.15) is 0 Å². The summed E-state index contributed by atoms with van der Waals surface area (Å²) in [6.07, 6.45) is 7.83. The van der Waals surface area contributed by atoms with Crippen LogP contribution in [0, 0.1) is 5.92 Å². The van der Waals surface area contributed by atoms with Crippen molar-refractivity contribution >= 4 is 0 Å². The Bertz CT molecular complexity index is 208. The molecule has 0 bridgehead atoms. The Kier molecular flexibility index (Phi) is 4.22. The molecule has 94 valence electrons. The fourth-order valence-electron chi connectivity index (χ4n) is 3.31. The van der Waals surface area contributed by atoms with Crippen LogP contribution in [-0.4, -0.2) is 43.8 Å². The van der Waals surface area contributed by atoms with E-state index in [0.29, 0.717) is 5.54 Å². The molecule has 1 atom stereocenters. The maximum Gasteiger partial charge on any atom is 0.0506 e. The first kappa shape index (κ1) is 12.3. The molecule has 2 N–H and O–H groups in total. The highest BCUT2D eigenvalue weighted by molar-refractivity contribution is 4.95. The highest BCUT2D eigenvalue weighted by Gasteiger charge is 2.37. The minimum Gasteiger partial charge on any atom is -0.381 e. The number of hydrogen-bond acceptors (Lipinski definition) is 3. The van der Waals surface area contributed by atoms with Crippen LogP contribution >= 0.6 is 0 Å². The van der Waals surface area contributed by atoms with Crippen LogP contribution in [0.25, 0.3) is 0 Å². The van der Waals surface area contributed by atoms with Gasteiger partial charge in [0.2, 0.25) is 0 Å². The quantitative estimate of drug-likeness (QED) is 0.791. The molecule has 0 aromatic heterocycles. The van der Waals surface area contributed by atoms with Crippen molar-refractivity contribution in [3.05, 3.63) is 0 Å². The molecule has 0 aromatic carbocycles. The maximum atomic E-state index is 6.00. The Morgan fingerprint density at radius 3 is 2.62 bits per heavy atom. The molecule has 2 aliphatic rings. The molecule has 1 saturated carbocycles. The average molecular weight is 226 g/mol. The first-order valence-electron chi connectivity index (χ1n) is 6.76. The van der Waals surface area contributed by atoms with Gasteiger partial charge >= 0.3 is 0 Å². The third kappa shape index (κ3) is 2.58. The minimum absolute atomic E-state index is 0.303. The van der Waals surface area contributed by atoms with Crippen molar-refractivity contribution in [1.82, 2.24) is 4.90 Å². The SMILES string of the molecule is CN(CC1CCCOC1)C1(CN)CCCC1. The summed E-state index contributed by atoms with van der Waals surface area (Å²) in [6.45, 7) is 3.89. The molecule has 0 amide bonds. The third-order valence-electron chi connectivity index (χ3n) is 4.51. The van der Waals surface area contributed by atoms with E-state index in [9.17, 15) is 0 Å². The molecule has 1 heterocycles. The first-order chi connectivity index (χ1) is 7.77. The van der Waals surface area contributed by atoms with Gasteiger partial charge in [-0.25, -0.2) is 0 Å². The summed E-state index contributed by atoms with van der Waals surface area (Å²) >= 11 is 0. The van der Waals surface area contributed by atoms with Crippen LogP contribution in [-0.2, 0) is 4.74 Å². The van der Waals surface area contributed by atoms with Gasteiger partial charge in [-0.05, 0) is 38.6 Å². The van der Waals surface area contributed by atoms with E-state index in [1.54, 1.807) is 0 Å². The summed E-state index contributed by atoms with van der Waals surface area (Å²) in [5.74, 6) is 0.725. The van der Waals surface area contributed by atoms with Crippen LogP contribution < -0.4 is 5.73 Å². The zero-order chi connectivity index (χ0) is 11.4. The zero-order valence-electron chi connectivity index (χ0n) is 10.6. The number of nitrogens with zero attached hydrogens (tertiary/aromatic N) is 1. The lowest BCUT2D eigenvalue weighted by atomic mass is 9.93. The van der Waals surface area contributed by atoms with E-state index in [-0.39, 0.29) is 0 Å². The summed E-state index contributed by atoms with van der Waals surface area (Å²) in [7, 11) is 2.26. The Labute approximate surface area is 99.3 Å². The molecule has 0 radical (unpaired) electrons. The van der Waals surface area contributed by atoms with E-state index < -0.39 is 0 Å². The fraction of sp³-hybridized carbons (Fsp3) is 1.00. The highest BCUT2D eigenvalue weighted by Crippen LogP contribution is 2.34. The van der Waals surface area contributed by atoms with Gasteiger partial charge in [0.25, 0.3) is 0 Å². The van der Waals surface area contributed by atoms with Gasteiger partial charge in [-0.15, -0.1) is 0 Å². The van der Waals surface area contributed by atoms with Crippen LogP contribution in [0.2, 0.25) is 0 Å². The maximum absolute atomic E-state index is 6.00. The number of rotatable bonds is 4. The molecule has 0 spiro atoms. The molecule has 0 aromatic rings. The second kappa shape index (κ2) is 5.48. The van der Waals surface area contributed by atoms with Crippen LogP contribution in [0.15, 0.2) is 0 Å². The van der Waals surface area contributed by atoms with E-state index in [2.05, 4.69) is 11.9 Å². The lowest BCUT2D eigenvalue weighted by Crippen LogP contribution is -2.52. The third-order valence-corrected chi connectivity index (χ3v) is 4.51. The minimum atomic E-state index is 0.303. The Morgan fingerprint density at radius 1 is 1.31 bits per heavy atom. The predicted molar refractivity (Wildman–Crippen MR) is 66.4 cm³/mol. The summed E-state index contributed by atoms with van der Waals surface area (Å²) in [5.41, 5.74) is 6.30. The lowest BCUT2D eigenvalue weighted by Gasteiger charge is -2.40. The van der Waals surface area contributed by atoms with Crippen LogP contribution in [0.5, 0.6) is 0 Å². The molecule has 1 saturated heterocycles. The summed E-state index contributed by atoms with van der Waals surface area (Å²) < 4.78 is 5.55. The van der Waals surface area contributed by atoms with Crippen LogP contribution in [0.3, 0.4) is 0 Å². The van der Waals surface area contributed by atoms with Gasteiger partial charge in [0.1, 0.15) is 0 Å². The van der Waals surface area contributed by atoms with Crippen molar-refractivity contribution in [2.24, 2.45) is 11.7 Å². The molecular formula is C13H26N2O. The predicted octanol–water partition coefficient (Wildman–Crippen LogP) is 1.62.